The van der Waals surface area contributed by atoms with Gasteiger partial charge in [0.2, 0.25) is 0 Å². The van der Waals surface area contributed by atoms with Crippen molar-refractivity contribution >= 4 is 43.5 Å². The summed E-state index contributed by atoms with van der Waals surface area (Å²) in [5.74, 6) is -0.254. The molecule has 0 spiro atoms. The second-order valence-corrected chi connectivity index (χ2v) is 6.01. The highest BCUT2D eigenvalue weighted by atomic mass is 79.9. The fourth-order valence-electron chi connectivity index (χ4n) is 1.72. The third kappa shape index (κ3) is 3.27. The average molecular weight is 394 g/mol. The van der Waals surface area contributed by atoms with Gasteiger partial charge in [-0.25, -0.2) is 0 Å². The highest BCUT2D eigenvalue weighted by Gasteiger charge is 2.12. The zero-order valence-corrected chi connectivity index (χ0v) is 13.7. The van der Waals surface area contributed by atoms with Crippen LogP contribution >= 0.6 is 31.9 Å². The normalized spacial score (nSPS) is 9.90. The van der Waals surface area contributed by atoms with Crippen molar-refractivity contribution in [1.82, 2.24) is 0 Å². The summed E-state index contributed by atoms with van der Waals surface area (Å²) < 4.78 is 1.52. The number of benzene rings is 2. The molecule has 2 aromatic carbocycles. The van der Waals surface area contributed by atoms with E-state index in [1.807, 2.05) is 19.1 Å². The minimum absolute atomic E-state index is 0.254. The van der Waals surface area contributed by atoms with Gasteiger partial charge in [-0.3, -0.25) is 4.79 Å². The molecule has 0 bridgehead atoms. The summed E-state index contributed by atoms with van der Waals surface area (Å²) in [5.41, 5.74) is 2.44. The van der Waals surface area contributed by atoms with Crippen molar-refractivity contribution < 1.29 is 4.79 Å². The number of hydrogen-bond acceptors (Lipinski definition) is 2. The molecule has 0 saturated carbocycles. The van der Waals surface area contributed by atoms with Crippen molar-refractivity contribution in [1.29, 1.82) is 5.26 Å². The number of nitrogens with one attached hydrogen (secondary N) is 1. The molecule has 20 heavy (non-hydrogen) atoms. The molecule has 0 atom stereocenters. The first-order chi connectivity index (χ1) is 9.51. The van der Waals surface area contributed by atoms with Crippen molar-refractivity contribution in [2.75, 3.05) is 5.32 Å². The van der Waals surface area contributed by atoms with E-state index in [2.05, 4.69) is 43.2 Å². The predicted octanol–water partition coefficient (Wildman–Crippen LogP) is 4.64. The minimum atomic E-state index is -0.254. The van der Waals surface area contributed by atoms with Crippen LogP contribution in [-0.4, -0.2) is 5.91 Å². The van der Waals surface area contributed by atoms with E-state index in [1.54, 1.807) is 24.3 Å². The van der Waals surface area contributed by atoms with Gasteiger partial charge in [0.15, 0.2) is 0 Å². The van der Waals surface area contributed by atoms with Crippen LogP contribution in [0.1, 0.15) is 21.5 Å². The molecule has 0 unspecified atom stereocenters. The standard InChI is InChI=1S/C15H10Br2N2O/c1-9-2-5-13(17)12(6-9)15(20)19-14-7-11(16)4-3-10(14)8-18/h2-7H,1H3,(H,19,20). The third-order valence-electron chi connectivity index (χ3n) is 2.72. The van der Waals surface area contributed by atoms with E-state index in [0.717, 1.165) is 10.0 Å². The van der Waals surface area contributed by atoms with Crippen molar-refractivity contribution in [3.05, 3.63) is 62.0 Å². The fraction of sp³-hybridized carbons (Fsp3) is 0.0667. The monoisotopic (exact) mass is 392 g/mol. The lowest BCUT2D eigenvalue weighted by Gasteiger charge is -2.09. The van der Waals surface area contributed by atoms with Gasteiger partial charge in [0, 0.05) is 8.95 Å². The summed E-state index contributed by atoms with van der Waals surface area (Å²) >= 11 is 6.69. The third-order valence-corrected chi connectivity index (χ3v) is 3.90. The Kier molecular flexibility index (Phi) is 4.58. The summed E-state index contributed by atoms with van der Waals surface area (Å²) in [7, 11) is 0. The zero-order chi connectivity index (χ0) is 14.7. The molecule has 0 heterocycles. The summed E-state index contributed by atoms with van der Waals surface area (Å²) in [6.45, 7) is 1.92. The van der Waals surface area contributed by atoms with Gasteiger partial charge in [-0.2, -0.15) is 5.26 Å². The molecule has 0 saturated heterocycles. The number of halogens is 2. The van der Waals surface area contributed by atoms with E-state index in [4.69, 9.17) is 5.26 Å². The van der Waals surface area contributed by atoms with Crippen LogP contribution in [-0.2, 0) is 0 Å². The number of aryl methyl sites for hydroxylation is 1. The van der Waals surface area contributed by atoms with Gasteiger partial charge in [0.05, 0.1) is 16.8 Å². The number of amides is 1. The number of anilines is 1. The number of hydrogen-bond donors (Lipinski definition) is 1. The lowest BCUT2D eigenvalue weighted by Crippen LogP contribution is -2.13. The average Bonchev–Trinajstić information content (AvgIpc) is 2.41. The Bertz CT molecular complexity index is 720. The molecular weight excluding hydrogens is 384 g/mol. The van der Waals surface area contributed by atoms with Crippen LogP contribution in [0, 0.1) is 18.3 Å². The van der Waals surface area contributed by atoms with Gasteiger partial charge >= 0.3 is 0 Å². The summed E-state index contributed by atoms with van der Waals surface area (Å²) in [6, 6.07) is 12.7. The van der Waals surface area contributed by atoms with E-state index in [-0.39, 0.29) is 5.91 Å². The first-order valence-corrected chi connectivity index (χ1v) is 7.37. The molecule has 2 rings (SSSR count). The Morgan fingerprint density at radius 3 is 2.65 bits per heavy atom. The highest BCUT2D eigenvalue weighted by molar-refractivity contribution is 9.10. The maximum absolute atomic E-state index is 12.3. The predicted molar refractivity (Wildman–Crippen MR) is 85.7 cm³/mol. The Labute approximate surface area is 133 Å². The first kappa shape index (κ1) is 14.8. The van der Waals surface area contributed by atoms with Gasteiger partial charge in [-0.15, -0.1) is 0 Å². The molecule has 3 nitrogen and oxygen atoms in total. The van der Waals surface area contributed by atoms with Gasteiger partial charge in [0.1, 0.15) is 6.07 Å². The van der Waals surface area contributed by atoms with E-state index in [1.165, 1.54) is 0 Å². The number of nitrogens with zero attached hydrogens (tertiary/aromatic N) is 1. The topological polar surface area (TPSA) is 52.9 Å². The molecule has 100 valence electrons. The van der Waals surface area contributed by atoms with Crippen LogP contribution in [0.3, 0.4) is 0 Å². The SMILES string of the molecule is Cc1ccc(Br)c(C(=O)Nc2cc(Br)ccc2C#N)c1. The van der Waals surface area contributed by atoms with Gasteiger partial charge < -0.3 is 5.32 Å². The van der Waals surface area contributed by atoms with Crippen LogP contribution in [0.4, 0.5) is 5.69 Å². The van der Waals surface area contributed by atoms with E-state index >= 15 is 0 Å². The largest absolute Gasteiger partial charge is 0.321 e. The fourth-order valence-corrected chi connectivity index (χ4v) is 2.51. The number of rotatable bonds is 2. The van der Waals surface area contributed by atoms with Gasteiger partial charge in [-0.1, -0.05) is 27.6 Å². The molecule has 0 aromatic heterocycles. The molecule has 0 aliphatic heterocycles. The first-order valence-electron chi connectivity index (χ1n) is 5.78. The number of nitriles is 1. The van der Waals surface area contributed by atoms with Crippen molar-refractivity contribution in [2.24, 2.45) is 0 Å². The summed E-state index contributed by atoms with van der Waals surface area (Å²) in [4.78, 5) is 12.3. The Balaban J connectivity index is 2.35. The highest BCUT2D eigenvalue weighted by Crippen LogP contribution is 2.23. The summed E-state index contributed by atoms with van der Waals surface area (Å²) in [5, 5.41) is 11.8. The molecule has 0 aliphatic carbocycles. The smallest absolute Gasteiger partial charge is 0.256 e. The van der Waals surface area contributed by atoms with E-state index < -0.39 is 0 Å². The number of carbonyl (C=O) groups excluding carboxylic acids is 1. The maximum Gasteiger partial charge on any atom is 0.256 e. The quantitative estimate of drug-likeness (QED) is 0.807. The van der Waals surface area contributed by atoms with Crippen LogP contribution in [0.25, 0.3) is 0 Å². The molecule has 1 N–H and O–H groups in total. The van der Waals surface area contributed by atoms with Crippen LogP contribution < -0.4 is 5.32 Å². The molecule has 2 aromatic rings. The van der Waals surface area contributed by atoms with Gasteiger partial charge in [0.25, 0.3) is 5.91 Å². The minimum Gasteiger partial charge on any atom is -0.321 e. The molecule has 0 fully saturated rings. The van der Waals surface area contributed by atoms with Gasteiger partial charge in [-0.05, 0) is 53.2 Å². The molecule has 0 radical (unpaired) electrons. The zero-order valence-electron chi connectivity index (χ0n) is 10.6. The van der Waals surface area contributed by atoms with Crippen LogP contribution in [0.5, 0.6) is 0 Å². The number of carbonyl (C=O) groups is 1. The molecule has 0 aliphatic rings. The van der Waals surface area contributed by atoms with E-state index in [0.29, 0.717) is 21.3 Å². The maximum atomic E-state index is 12.3. The Morgan fingerprint density at radius 1 is 1.20 bits per heavy atom. The van der Waals surface area contributed by atoms with Crippen molar-refractivity contribution in [3.63, 3.8) is 0 Å². The Morgan fingerprint density at radius 2 is 1.95 bits per heavy atom. The van der Waals surface area contributed by atoms with Crippen molar-refractivity contribution in [2.45, 2.75) is 6.92 Å². The second kappa shape index (κ2) is 6.21. The second-order valence-electron chi connectivity index (χ2n) is 4.24. The summed E-state index contributed by atoms with van der Waals surface area (Å²) in [6.07, 6.45) is 0. The van der Waals surface area contributed by atoms with Crippen molar-refractivity contribution in [3.8, 4) is 6.07 Å². The van der Waals surface area contributed by atoms with Crippen LogP contribution in [0.15, 0.2) is 45.3 Å². The van der Waals surface area contributed by atoms with Crippen LogP contribution in [0.2, 0.25) is 0 Å². The lowest BCUT2D eigenvalue weighted by atomic mass is 10.1. The van der Waals surface area contributed by atoms with E-state index in [9.17, 15) is 4.79 Å². The lowest BCUT2D eigenvalue weighted by molar-refractivity contribution is 0.102. The molecule has 1 amide bonds. The Hall–Kier alpha value is -1.64. The molecular formula is C15H10Br2N2O. The molecule has 5 heteroatoms.